The van der Waals surface area contributed by atoms with Crippen molar-refractivity contribution in [3.63, 3.8) is 0 Å². The molecule has 1 atom stereocenters. The van der Waals surface area contributed by atoms with Gasteiger partial charge < -0.3 is 5.11 Å². The van der Waals surface area contributed by atoms with E-state index in [9.17, 15) is 4.79 Å². The van der Waals surface area contributed by atoms with E-state index in [1.165, 1.54) is 161 Å². The number of aliphatic carboxylic acids is 1. The minimum atomic E-state index is -0.644. The molecule has 1 unspecified atom stereocenters. The summed E-state index contributed by atoms with van der Waals surface area (Å²) in [5, 5.41) is 8.72. The lowest BCUT2D eigenvalue weighted by atomic mass is 9.89. The molecule has 0 amide bonds. The highest BCUT2D eigenvalue weighted by Crippen LogP contribution is 2.24. The number of unbranched alkanes of at least 4 members (excludes halogenated alkanes) is 21. The van der Waals surface area contributed by atoms with E-state index in [-0.39, 0.29) is 0 Å². The van der Waals surface area contributed by atoms with Gasteiger partial charge in [0, 0.05) is 6.42 Å². The van der Waals surface area contributed by atoms with Crippen LogP contribution in [0, 0.1) is 5.92 Å². The summed E-state index contributed by atoms with van der Waals surface area (Å²) >= 11 is 0. The molecule has 0 aliphatic rings. The lowest BCUT2D eigenvalue weighted by molar-refractivity contribution is -0.137. The van der Waals surface area contributed by atoms with Gasteiger partial charge in [-0.15, -0.1) is 0 Å². The van der Waals surface area contributed by atoms with Gasteiger partial charge in [-0.25, -0.2) is 0 Å². The lowest BCUT2D eigenvalue weighted by Crippen LogP contribution is -2.01. The molecule has 0 aromatic carbocycles. The van der Waals surface area contributed by atoms with Crippen LogP contribution in [0.3, 0.4) is 0 Å². The zero-order chi connectivity index (χ0) is 25.0. The molecule has 0 aromatic heterocycles. The first-order valence-electron chi connectivity index (χ1n) is 15.9. The summed E-state index contributed by atoms with van der Waals surface area (Å²) in [5.74, 6) is 0.315. The highest BCUT2D eigenvalue weighted by Gasteiger charge is 2.08. The predicted octanol–water partition coefficient (Wildman–Crippen LogP) is 11.6. The average Bonchev–Trinajstić information content (AvgIpc) is 2.82. The van der Waals surface area contributed by atoms with Crippen LogP contribution in [0.25, 0.3) is 0 Å². The highest BCUT2D eigenvalue weighted by molar-refractivity contribution is 5.66. The Balaban J connectivity index is 3.65. The van der Waals surface area contributed by atoms with Gasteiger partial charge in [0.05, 0.1) is 0 Å². The molecule has 0 fully saturated rings. The molecule has 0 radical (unpaired) electrons. The maximum atomic E-state index is 10.6. The summed E-state index contributed by atoms with van der Waals surface area (Å²) in [6.07, 6.45) is 37.8. The second-order valence-electron chi connectivity index (χ2n) is 11.2. The van der Waals surface area contributed by atoms with Gasteiger partial charge in [0.25, 0.3) is 0 Å². The topological polar surface area (TPSA) is 37.3 Å². The van der Waals surface area contributed by atoms with Crippen molar-refractivity contribution < 1.29 is 9.90 Å². The first-order valence-corrected chi connectivity index (χ1v) is 15.9. The Morgan fingerprint density at radius 2 is 0.706 bits per heavy atom. The van der Waals surface area contributed by atoms with Gasteiger partial charge in [-0.3, -0.25) is 4.79 Å². The molecule has 0 aliphatic carbocycles. The minimum Gasteiger partial charge on any atom is -0.481 e. The molecule has 204 valence electrons. The largest absolute Gasteiger partial charge is 0.481 e. The Morgan fingerprint density at radius 1 is 0.441 bits per heavy atom. The van der Waals surface area contributed by atoms with Gasteiger partial charge >= 0.3 is 5.97 Å². The van der Waals surface area contributed by atoms with E-state index in [1.54, 1.807) is 0 Å². The van der Waals surface area contributed by atoms with Gasteiger partial charge in [0.2, 0.25) is 0 Å². The zero-order valence-corrected chi connectivity index (χ0v) is 23.7. The first kappa shape index (κ1) is 33.5. The van der Waals surface area contributed by atoms with Crippen LogP contribution in [0.2, 0.25) is 0 Å². The maximum absolute atomic E-state index is 10.6. The standard InChI is InChI=1S/C32H64O2/c1-3-5-7-9-10-11-12-13-14-15-16-17-20-24-28-31(27-23-8-6-4-2)29-25-21-18-19-22-26-30-32(33)34/h31H,3-30H2,1-2H3,(H,33,34). The van der Waals surface area contributed by atoms with Gasteiger partial charge in [0.15, 0.2) is 0 Å². The second-order valence-corrected chi connectivity index (χ2v) is 11.2. The summed E-state index contributed by atoms with van der Waals surface area (Å²) < 4.78 is 0. The molecule has 0 bridgehead atoms. The van der Waals surface area contributed by atoms with Crippen LogP contribution in [-0.4, -0.2) is 11.1 Å². The lowest BCUT2D eigenvalue weighted by Gasteiger charge is -2.17. The third kappa shape index (κ3) is 27.7. The molecule has 0 spiro atoms. The molecule has 2 heteroatoms. The number of hydrogen-bond donors (Lipinski definition) is 1. The summed E-state index contributed by atoms with van der Waals surface area (Å²) in [5.41, 5.74) is 0. The number of carboxylic acids is 1. The fraction of sp³-hybridized carbons (Fsp3) is 0.969. The van der Waals surface area contributed by atoms with Crippen molar-refractivity contribution in [1.29, 1.82) is 0 Å². The van der Waals surface area contributed by atoms with Gasteiger partial charge in [-0.05, 0) is 12.3 Å². The SMILES string of the molecule is CCCCCCCCCCCCCCCCC(CCCCCC)CCCCCCCCC(=O)O. The zero-order valence-electron chi connectivity index (χ0n) is 23.7. The number of rotatable bonds is 29. The first-order chi connectivity index (χ1) is 16.7. The van der Waals surface area contributed by atoms with Crippen molar-refractivity contribution in [3.05, 3.63) is 0 Å². The normalized spacial score (nSPS) is 12.3. The Labute approximate surface area is 215 Å². The summed E-state index contributed by atoms with van der Waals surface area (Å²) in [6, 6.07) is 0. The number of carboxylic acid groups (broad SMARTS) is 1. The molecule has 0 rings (SSSR count). The Bertz CT molecular complexity index is 392. The van der Waals surface area contributed by atoms with Crippen LogP contribution < -0.4 is 0 Å². The van der Waals surface area contributed by atoms with Gasteiger partial charge in [-0.1, -0.05) is 181 Å². The van der Waals surface area contributed by atoms with Crippen LogP contribution in [0.1, 0.15) is 194 Å². The Hall–Kier alpha value is -0.530. The minimum absolute atomic E-state index is 0.346. The van der Waals surface area contributed by atoms with E-state index in [0.29, 0.717) is 6.42 Å². The van der Waals surface area contributed by atoms with E-state index < -0.39 is 5.97 Å². The van der Waals surface area contributed by atoms with E-state index in [0.717, 1.165) is 18.8 Å². The third-order valence-corrected chi connectivity index (χ3v) is 7.68. The van der Waals surface area contributed by atoms with Gasteiger partial charge in [0.1, 0.15) is 0 Å². The summed E-state index contributed by atoms with van der Waals surface area (Å²) in [6.45, 7) is 4.61. The third-order valence-electron chi connectivity index (χ3n) is 7.68. The van der Waals surface area contributed by atoms with Crippen LogP contribution in [0.5, 0.6) is 0 Å². The molecule has 0 saturated carbocycles. The fourth-order valence-corrected chi connectivity index (χ4v) is 5.34. The summed E-state index contributed by atoms with van der Waals surface area (Å²) in [4.78, 5) is 10.6. The Morgan fingerprint density at radius 3 is 1.03 bits per heavy atom. The van der Waals surface area contributed by atoms with E-state index >= 15 is 0 Å². The second kappa shape index (κ2) is 28.7. The van der Waals surface area contributed by atoms with Crippen molar-refractivity contribution >= 4 is 5.97 Å². The molecule has 0 aromatic rings. The van der Waals surface area contributed by atoms with Crippen LogP contribution in [0.4, 0.5) is 0 Å². The van der Waals surface area contributed by atoms with Crippen molar-refractivity contribution in [2.75, 3.05) is 0 Å². The van der Waals surface area contributed by atoms with E-state index in [4.69, 9.17) is 5.11 Å². The van der Waals surface area contributed by atoms with E-state index in [1.807, 2.05) is 0 Å². The Kier molecular flexibility index (Phi) is 28.3. The predicted molar refractivity (Wildman–Crippen MR) is 152 cm³/mol. The van der Waals surface area contributed by atoms with Crippen molar-refractivity contribution in [1.82, 2.24) is 0 Å². The van der Waals surface area contributed by atoms with Crippen LogP contribution in [0.15, 0.2) is 0 Å². The van der Waals surface area contributed by atoms with E-state index in [2.05, 4.69) is 13.8 Å². The molecule has 34 heavy (non-hydrogen) atoms. The maximum Gasteiger partial charge on any atom is 0.303 e. The smallest absolute Gasteiger partial charge is 0.303 e. The van der Waals surface area contributed by atoms with Crippen molar-refractivity contribution in [2.24, 2.45) is 5.92 Å². The molecule has 2 nitrogen and oxygen atoms in total. The number of hydrogen-bond acceptors (Lipinski definition) is 1. The fourth-order valence-electron chi connectivity index (χ4n) is 5.34. The van der Waals surface area contributed by atoms with Crippen molar-refractivity contribution in [3.8, 4) is 0 Å². The monoisotopic (exact) mass is 480 g/mol. The highest BCUT2D eigenvalue weighted by atomic mass is 16.4. The van der Waals surface area contributed by atoms with Gasteiger partial charge in [-0.2, -0.15) is 0 Å². The molecular formula is C32H64O2. The molecular weight excluding hydrogens is 416 g/mol. The average molecular weight is 481 g/mol. The quantitative estimate of drug-likeness (QED) is 0.108. The molecule has 1 N–H and O–H groups in total. The molecule has 0 heterocycles. The van der Waals surface area contributed by atoms with Crippen LogP contribution in [-0.2, 0) is 4.79 Å². The van der Waals surface area contributed by atoms with Crippen LogP contribution >= 0.6 is 0 Å². The summed E-state index contributed by atoms with van der Waals surface area (Å²) in [7, 11) is 0. The number of carbonyl (C=O) groups is 1. The van der Waals surface area contributed by atoms with Crippen molar-refractivity contribution in [2.45, 2.75) is 194 Å². The molecule has 0 aliphatic heterocycles. The molecule has 0 saturated heterocycles.